The number of benzene rings is 3. The van der Waals surface area contributed by atoms with Gasteiger partial charge in [0.2, 0.25) is 11.8 Å². The third-order valence-corrected chi connectivity index (χ3v) is 9.87. The molecule has 0 spiro atoms. The number of carbonyl (C=O) groups is 3. The zero-order valence-electron chi connectivity index (χ0n) is 30.8. The molecule has 6 rings (SSSR count). The molecule has 1 aliphatic rings. The van der Waals surface area contributed by atoms with Crippen LogP contribution in [0.3, 0.4) is 0 Å². The number of nitrogens with zero attached hydrogens (tertiary/aromatic N) is 2. The molecule has 0 unspecified atom stereocenters. The average molecular weight is 708 g/mol. The van der Waals surface area contributed by atoms with Crippen LogP contribution in [0.4, 0.5) is 10.5 Å². The number of alkyl carbamates (subject to hydrolysis) is 1. The Bertz CT molecular complexity index is 2150. The number of hydrogen-bond acceptors (Lipinski definition) is 6. The number of fused-ring (bicyclic) bond motifs is 2. The van der Waals surface area contributed by atoms with Crippen LogP contribution >= 0.6 is 0 Å². The minimum Gasteiger partial charge on any atom is -0.444 e. The summed E-state index contributed by atoms with van der Waals surface area (Å²) in [5.41, 5.74) is 12.7. The second-order valence-corrected chi connectivity index (χ2v) is 15.4. The van der Waals surface area contributed by atoms with Crippen LogP contribution in [0.1, 0.15) is 83.2 Å². The standard InChI is InChI=1S/C40H49N7O5/c1-22(2)36-43-31-17-23(3)29(20-33(31)44-36)26-11-7-24(8-12-26)18-34(35(41)48)47(28-15-16-30-32(19-28)46-38(50)45-30)37(49)27-13-9-25(10-14-27)21-42-39(51)52-40(4,5)6/h7-8,11-12,15-17,19-20,22,25,27,34H,9-10,13-14,18,21H2,1-6H3,(H2,41,48)(H,42,51)(H,43,44)(H2,45,46,50)/t25-,27-,34-/m0/s1. The highest BCUT2D eigenvalue weighted by Gasteiger charge is 2.36. The minimum absolute atomic E-state index is 0.195. The molecule has 0 bridgehead atoms. The molecule has 3 amide bonds. The molecule has 3 aromatic carbocycles. The van der Waals surface area contributed by atoms with Gasteiger partial charge in [-0.25, -0.2) is 14.6 Å². The lowest BCUT2D eigenvalue weighted by atomic mass is 9.81. The van der Waals surface area contributed by atoms with Crippen LogP contribution in [0.5, 0.6) is 0 Å². The highest BCUT2D eigenvalue weighted by atomic mass is 16.6. The van der Waals surface area contributed by atoms with Crippen molar-refractivity contribution in [3.8, 4) is 11.1 Å². The fraction of sp³-hybridized carbons (Fsp3) is 0.425. The molecule has 6 N–H and O–H groups in total. The fourth-order valence-electron chi connectivity index (χ4n) is 7.12. The van der Waals surface area contributed by atoms with Gasteiger partial charge in [0.05, 0.1) is 22.1 Å². The van der Waals surface area contributed by atoms with Crippen molar-refractivity contribution >= 4 is 45.7 Å². The number of hydrogen-bond donors (Lipinski definition) is 5. The Hall–Kier alpha value is -5.39. The predicted molar refractivity (Wildman–Crippen MR) is 203 cm³/mol. The van der Waals surface area contributed by atoms with Crippen LogP contribution in [0.25, 0.3) is 33.2 Å². The van der Waals surface area contributed by atoms with E-state index in [2.05, 4.69) is 53.2 Å². The molecule has 0 radical (unpaired) electrons. The molecular weight excluding hydrogens is 658 g/mol. The number of carbonyl (C=O) groups excluding carboxylic acids is 3. The maximum atomic E-state index is 14.5. The van der Waals surface area contributed by atoms with Crippen molar-refractivity contribution in [3.63, 3.8) is 0 Å². The first-order valence-corrected chi connectivity index (χ1v) is 18.1. The number of aromatic amines is 3. The Balaban J connectivity index is 1.23. The summed E-state index contributed by atoms with van der Waals surface area (Å²) >= 11 is 0. The lowest BCUT2D eigenvalue weighted by molar-refractivity contribution is -0.127. The zero-order valence-corrected chi connectivity index (χ0v) is 30.8. The van der Waals surface area contributed by atoms with Gasteiger partial charge in [0.25, 0.3) is 0 Å². The van der Waals surface area contributed by atoms with E-state index in [4.69, 9.17) is 15.5 Å². The Morgan fingerprint density at radius 1 is 0.942 bits per heavy atom. The third kappa shape index (κ3) is 8.22. The summed E-state index contributed by atoms with van der Waals surface area (Å²) in [5, 5.41) is 2.86. The Labute approximate surface area is 302 Å². The van der Waals surface area contributed by atoms with Gasteiger partial charge in [-0.3, -0.25) is 14.5 Å². The van der Waals surface area contributed by atoms with Gasteiger partial charge in [-0.1, -0.05) is 38.1 Å². The topological polar surface area (TPSA) is 179 Å². The first-order valence-electron chi connectivity index (χ1n) is 18.1. The van der Waals surface area contributed by atoms with Gasteiger partial charge in [0.15, 0.2) is 0 Å². The van der Waals surface area contributed by atoms with Crippen molar-refractivity contribution in [2.24, 2.45) is 17.6 Å². The van der Waals surface area contributed by atoms with Gasteiger partial charge in [-0.15, -0.1) is 0 Å². The van der Waals surface area contributed by atoms with E-state index in [0.717, 1.165) is 52.0 Å². The monoisotopic (exact) mass is 707 g/mol. The van der Waals surface area contributed by atoms with E-state index in [-0.39, 0.29) is 35.8 Å². The summed E-state index contributed by atoms with van der Waals surface area (Å²) in [4.78, 5) is 67.3. The number of rotatable bonds is 10. The molecule has 5 aromatic rings. The zero-order chi connectivity index (χ0) is 37.3. The van der Waals surface area contributed by atoms with E-state index in [1.54, 1.807) is 18.2 Å². The summed E-state index contributed by atoms with van der Waals surface area (Å²) in [6.07, 6.45) is 2.40. The van der Waals surface area contributed by atoms with Crippen molar-refractivity contribution in [2.45, 2.75) is 91.2 Å². The van der Waals surface area contributed by atoms with Crippen LogP contribution in [0, 0.1) is 18.8 Å². The number of amides is 3. The average Bonchev–Trinajstić information content (AvgIpc) is 3.68. The van der Waals surface area contributed by atoms with Crippen molar-refractivity contribution in [1.82, 2.24) is 25.3 Å². The molecule has 2 heterocycles. The van der Waals surface area contributed by atoms with E-state index in [9.17, 15) is 19.2 Å². The molecule has 2 aromatic heterocycles. The number of nitrogens with two attached hydrogens (primary N) is 1. The highest BCUT2D eigenvalue weighted by molar-refractivity contribution is 6.02. The highest BCUT2D eigenvalue weighted by Crippen LogP contribution is 2.34. The number of aryl methyl sites for hydroxylation is 1. The first-order chi connectivity index (χ1) is 24.6. The van der Waals surface area contributed by atoms with Crippen molar-refractivity contribution in [1.29, 1.82) is 0 Å². The molecule has 0 aliphatic heterocycles. The Kier molecular flexibility index (Phi) is 10.3. The number of primary amides is 1. The normalized spacial score (nSPS) is 17.0. The lowest BCUT2D eigenvalue weighted by Gasteiger charge is -2.36. The number of anilines is 1. The van der Waals surface area contributed by atoms with E-state index in [1.807, 2.05) is 45.0 Å². The van der Waals surface area contributed by atoms with Crippen molar-refractivity contribution in [2.75, 3.05) is 11.4 Å². The SMILES string of the molecule is Cc1cc2[nH]c(C(C)C)nc2cc1-c1ccc(C[C@@H](C(N)=O)N(c2ccc3[nH]c(=O)[nH]c3c2)C(=O)[C@H]2CC[C@H](CNC(=O)OC(C)(C)C)CC2)cc1. The number of imidazole rings is 2. The summed E-state index contributed by atoms with van der Waals surface area (Å²) in [5.74, 6) is 0.265. The number of nitrogens with one attached hydrogen (secondary N) is 4. The Morgan fingerprint density at radius 3 is 2.29 bits per heavy atom. The summed E-state index contributed by atoms with van der Waals surface area (Å²) < 4.78 is 5.37. The summed E-state index contributed by atoms with van der Waals surface area (Å²) in [6.45, 7) is 12.2. The molecule has 12 heteroatoms. The van der Waals surface area contributed by atoms with Crippen LogP contribution in [-0.2, 0) is 20.7 Å². The quantitative estimate of drug-likeness (QED) is 0.109. The number of aromatic nitrogens is 4. The molecular formula is C40H49N7O5. The third-order valence-electron chi connectivity index (χ3n) is 9.87. The maximum Gasteiger partial charge on any atom is 0.407 e. The molecule has 12 nitrogen and oxygen atoms in total. The van der Waals surface area contributed by atoms with E-state index in [0.29, 0.717) is 36.1 Å². The van der Waals surface area contributed by atoms with Gasteiger partial charge in [0, 0.05) is 30.5 Å². The van der Waals surface area contributed by atoms with Crippen LogP contribution in [0.15, 0.2) is 59.4 Å². The molecule has 1 saturated carbocycles. The molecule has 1 atom stereocenters. The van der Waals surface area contributed by atoms with Gasteiger partial charge in [-0.2, -0.15) is 0 Å². The second kappa shape index (κ2) is 14.7. The van der Waals surface area contributed by atoms with Gasteiger partial charge in [0.1, 0.15) is 17.5 Å². The van der Waals surface area contributed by atoms with Crippen molar-refractivity contribution in [3.05, 3.63) is 82.0 Å². The predicted octanol–water partition coefficient (Wildman–Crippen LogP) is 6.59. The lowest BCUT2D eigenvalue weighted by Crippen LogP contribution is -2.52. The first kappa shape index (κ1) is 36.4. The van der Waals surface area contributed by atoms with E-state index >= 15 is 0 Å². The number of ether oxygens (including phenoxy) is 1. The largest absolute Gasteiger partial charge is 0.444 e. The summed E-state index contributed by atoms with van der Waals surface area (Å²) in [7, 11) is 0. The smallest absolute Gasteiger partial charge is 0.407 e. The number of H-pyrrole nitrogens is 3. The maximum absolute atomic E-state index is 14.5. The molecule has 1 aliphatic carbocycles. The Morgan fingerprint density at radius 2 is 1.63 bits per heavy atom. The molecule has 274 valence electrons. The van der Waals surface area contributed by atoms with Crippen molar-refractivity contribution < 1.29 is 19.1 Å². The van der Waals surface area contributed by atoms with Crippen LogP contribution < -0.4 is 21.6 Å². The minimum atomic E-state index is -0.982. The van der Waals surface area contributed by atoms with E-state index < -0.39 is 23.6 Å². The van der Waals surface area contributed by atoms with E-state index in [1.165, 1.54) is 4.90 Å². The molecule has 0 saturated heterocycles. The molecule has 52 heavy (non-hydrogen) atoms. The molecule has 1 fully saturated rings. The fourth-order valence-corrected chi connectivity index (χ4v) is 7.12. The second-order valence-electron chi connectivity index (χ2n) is 15.4. The van der Waals surface area contributed by atoms with Crippen LogP contribution in [0.2, 0.25) is 0 Å². The van der Waals surface area contributed by atoms with Crippen LogP contribution in [-0.4, -0.2) is 56.0 Å². The van der Waals surface area contributed by atoms with Gasteiger partial charge >= 0.3 is 11.8 Å². The van der Waals surface area contributed by atoms with Gasteiger partial charge in [-0.05, 0) is 112 Å². The summed E-state index contributed by atoms with van der Waals surface area (Å²) in [6, 6.07) is 16.4. The van der Waals surface area contributed by atoms with Gasteiger partial charge < -0.3 is 30.7 Å².